The molecular formula is C15H17BrClN. The first-order valence-corrected chi connectivity index (χ1v) is 7.46. The SMILES string of the molecule is CCc1cc(Br)cc2c(Cl)cc(CC(C)C)nc12. The number of nitrogens with zero attached hydrogens (tertiary/aromatic N) is 1. The quantitative estimate of drug-likeness (QED) is 0.734. The minimum Gasteiger partial charge on any atom is -0.252 e. The topological polar surface area (TPSA) is 12.9 Å². The van der Waals surface area contributed by atoms with E-state index in [2.05, 4.69) is 42.8 Å². The van der Waals surface area contributed by atoms with Crippen LogP contribution in [0.2, 0.25) is 5.02 Å². The Morgan fingerprint density at radius 1 is 1.28 bits per heavy atom. The summed E-state index contributed by atoms with van der Waals surface area (Å²) in [5, 5.41) is 1.84. The van der Waals surface area contributed by atoms with Crippen LogP contribution in [0.5, 0.6) is 0 Å². The van der Waals surface area contributed by atoms with E-state index in [0.29, 0.717) is 5.92 Å². The predicted molar refractivity (Wildman–Crippen MR) is 82.4 cm³/mol. The zero-order valence-corrected chi connectivity index (χ0v) is 13.3. The van der Waals surface area contributed by atoms with E-state index >= 15 is 0 Å². The Labute approximate surface area is 122 Å². The highest BCUT2D eigenvalue weighted by Crippen LogP contribution is 2.30. The minimum atomic E-state index is 0.589. The van der Waals surface area contributed by atoms with Gasteiger partial charge in [0.2, 0.25) is 0 Å². The lowest BCUT2D eigenvalue weighted by molar-refractivity contribution is 0.637. The zero-order chi connectivity index (χ0) is 13.3. The van der Waals surface area contributed by atoms with Crippen molar-refractivity contribution in [1.82, 2.24) is 4.98 Å². The monoisotopic (exact) mass is 325 g/mol. The van der Waals surface area contributed by atoms with E-state index < -0.39 is 0 Å². The van der Waals surface area contributed by atoms with E-state index in [-0.39, 0.29) is 0 Å². The van der Waals surface area contributed by atoms with Gasteiger partial charge >= 0.3 is 0 Å². The maximum absolute atomic E-state index is 6.39. The van der Waals surface area contributed by atoms with Gasteiger partial charge in [-0.15, -0.1) is 0 Å². The molecule has 0 bridgehead atoms. The molecule has 1 aromatic heterocycles. The number of hydrogen-bond acceptors (Lipinski definition) is 1. The molecule has 0 spiro atoms. The summed E-state index contributed by atoms with van der Waals surface area (Å²) < 4.78 is 1.06. The summed E-state index contributed by atoms with van der Waals surface area (Å²) in [6.07, 6.45) is 1.93. The molecule has 1 aromatic carbocycles. The summed E-state index contributed by atoms with van der Waals surface area (Å²) in [5.41, 5.74) is 3.37. The number of hydrogen-bond donors (Lipinski definition) is 0. The van der Waals surface area contributed by atoms with Crippen molar-refractivity contribution in [3.05, 3.63) is 39.0 Å². The third-order valence-corrected chi connectivity index (χ3v) is 3.73. The number of benzene rings is 1. The molecular weight excluding hydrogens is 310 g/mol. The Kier molecular flexibility index (Phi) is 4.29. The van der Waals surface area contributed by atoms with Crippen molar-refractivity contribution >= 4 is 38.4 Å². The van der Waals surface area contributed by atoms with Crippen molar-refractivity contribution in [3.63, 3.8) is 0 Å². The van der Waals surface area contributed by atoms with Gasteiger partial charge in [-0.3, -0.25) is 4.98 Å². The van der Waals surface area contributed by atoms with E-state index in [4.69, 9.17) is 16.6 Å². The van der Waals surface area contributed by atoms with Gasteiger partial charge in [0.1, 0.15) is 0 Å². The van der Waals surface area contributed by atoms with Crippen molar-refractivity contribution < 1.29 is 0 Å². The van der Waals surface area contributed by atoms with E-state index in [1.807, 2.05) is 12.1 Å². The first kappa shape index (κ1) is 13.8. The lowest BCUT2D eigenvalue weighted by Crippen LogP contribution is -1.99. The summed E-state index contributed by atoms with van der Waals surface area (Å²) >= 11 is 9.92. The lowest BCUT2D eigenvalue weighted by atomic mass is 10.0. The molecule has 0 radical (unpaired) electrons. The van der Waals surface area contributed by atoms with Gasteiger partial charge in [-0.25, -0.2) is 0 Å². The van der Waals surface area contributed by atoms with Crippen LogP contribution >= 0.6 is 27.5 Å². The van der Waals surface area contributed by atoms with Crippen LogP contribution in [0, 0.1) is 5.92 Å². The first-order chi connectivity index (χ1) is 8.51. The average molecular weight is 327 g/mol. The third-order valence-electron chi connectivity index (χ3n) is 2.96. The molecule has 0 saturated carbocycles. The second-order valence-corrected chi connectivity index (χ2v) is 6.33. The molecule has 0 fully saturated rings. The number of halogens is 2. The van der Waals surface area contributed by atoms with Crippen LogP contribution in [0.25, 0.3) is 10.9 Å². The van der Waals surface area contributed by atoms with E-state index in [1.165, 1.54) is 5.56 Å². The van der Waals surface area contributed by atoms with Crippen molar-refractivity contribution in [2.75, 3.05) is 0 Å². The van der Waals surface area contributed by atoms with Gasteiger partial charge in [0.15, 0.2) is 0 Å². The Hall–Kier alpha value is -0.600. The van der Waals surface area contributed by atoms with E-state index in [0.717, 1.165) is 38.9 Å². The number of fused-ring (bicyclic) bond motifs is 1. The Morgan fingerprint density at radius 3 is 2.61 bits per heavy atom. The molecule has 2 rings (SSSR count). The van der Waals surface area contributed by atoms with E-state index in [9.17, 15) is 0 Å². The minimum absolute atomic E-state index is 0.589. The summed E-state index contributed by atoms with van der Waals surface area (Å²) in [6.45, 7) is 6.54. The summed E-state index contributed by atoms with van der Waals surface area (Å²) in [4.78, 5) is 4.78. The largest absolute Gasteiger partial charge is 0.252 e. The molecule has 3 heteroatoms. The van der Waals surface area contributed by atoms with Crippen LogP contribution in [-0.4, -0.2) is 4.98 Å². The number of aryl methyl sites for hydroxylation is 1. The Bertz CT molecular complexity index is 578. The maximum Gasteiger partial charge on any atom is 0.0752 e. The predicted octanol–water partition coefficient (Wildman–Crippen LogP) is 5.41. The lowest BCUT2D eigenvalue weighted by Gasteiger charge is -2.11. The number of rotatable bonds is 3. The van der Waals surface area contributed by atoms with Gasteiger partial charge in [0, 0.05) is 15.6 Å². The standard InChI is InChI=1S/C15H17BrClN/c1-4-10-6-11(16)7-13-14(17)8-12(5-9(2)3)18-15(10)13/h6-9H,4-5H2,1-3H3. The molecule has 0 atom stereocenters. The van der Waals surface area contributed by atoms with Crippen LogP contribution in [-0.2, 0) is 12.8 Å². The molecule has 18 heavy (non-hydrogen) atoms. The van der Waals surface area contributed by atoms with Crippen LogP contribution in [0.4, 0.5) is 0 Å². The number of aromatic nitrogens is 1. The second-order valence-electron chi connectivity index (χ2n) is 5.01. The molecule has 0 aliphatic carbocycles. The third kappa shape index (κ3) is 2.86. The fraction of sp³-hybridized carbons (Fsp3) is 0.400. The molecule has 96 valence electrons. The second kappa shape index (κ2) is 5.58. The first-order valence-electron chi connectivity index (χ1n) is 6.28. The van der Waals surface area contributed by atoms with Gasteiger partial charge in [0.05, 0.1) is 10.5 Å². The van der Waals surface area contributed by atoms with Crippen molar-refractivity contribution in [1.29, 1.82) is 0 Å². The number of pyridine rings is 1. The maximum atomic E-state index is 6.39. The fourth-order valence-corrected chi connectivity index (χ4v) is 2.94. The highest BCUT2D eigenvalue weighted by molar-refractivity contribution is 9.10. The van der Waals surface area contributed by atoms with Gasteiger partial charge in [-0.05, 0) is 42.5 Å². The molecule has 2 aromatic rings. The van der Waals surface area contributed by atoms with Crippen molar-refractivity contribution in [2.45, 2.75) is 33.6 Å². The summed E-state index contributed by atoms with van der Waals surface area (Å²) in [7, 11) is 0. The molecule has 0 aliphatic rings. The van der Waals surface area contributed by atoms with Crippen LogP contribution in [0.1, 0.15) is 32.0 Å². The summed E-state index contributed by atoms with van der Waals surface area (Å²) in [5.74, 6) is 0.589. The summed E-state index contributed by atoms with van der Waals surface area (Å²) in [6, 6.07) is 6.17. The highest BCUT2D eigenvalue weighted by atomic mass is 79.9. The molecule has 1 heterocycles. The Morgan fingerprint density at radius 2 is 2.00 bits per heavy atom. The molecule has 0 aliphatic heterocycles. The van der Waals surface area contributed by atoms with Gasteiger partial charge in [-0.1, -0.05) is 48.3 Å². The smallest absolute Gasteiger partial charge is 0.0752 e. The molecule has 0 amide bonds. The molecule has 0 saturated heterocycles. The van der Waals surface area contributed by atoms with Crippen molar-refractivity contribution in [3.8, 4) is 0 Å². The van der Waals surface area contributed by atoms with Crippen LogP contribution < -0.4 is 0 Å². The highest BCUT2D eigenvalue weighted by Gasteiger charge is 2.10. The molecule has 1 nitrogen and oxygen atoms in total. The zero-order valence-electron chi connectivity index (χ0n) is 10.9. The normalized spacial score (nSPS) is 11.4. The fourth-order valence-electron chi connectivity index (χ4n) is 2.16. The Balaban J connectivity index is 2.66. The van der Waals surface area contributed by atoms with Gasteiger partial charge in [0.25, 0.3) is 0 Å². The molecule has 0 unspecified atom stereocenters. The average Bonchev–Trinajstić information content (AvgIpc) is 2.28. The van der Waals surface area contributed by atoms with Gasteiger partial charge in [-0.2, -0.15) is 0 Å². The molecule has 0 N–H and O–H groups in total. The van der Waals surface area contributed by atoms with Gasteiger partial charge < -0.3 is 0 Å². The van der Waals surface area contributed by atoms with E-state index in [1.54, 1.807) is 0 Å². The van der Waals surface area contributed by atoms with Crippen LogP contribution in [0.15, 0.2) is 22.7 Å². The van der Waals surface area contributed by atoms with Crippen molar-refractivity contribution in [2.24, 2.45) is 5.92 Å². The van der Waals surface area contributed by atoms with Crippen LogP contribution in [0.3, 0.4) is 0 Å².